The van der Waals surface area contributed by atoms with Crippen molar-refractivity contribution in [3.05, 3.63) is 0 Å². The van der Waals surface area contributed by atoms with Crippen LogP contribution in [0.4, 0.5) is 4.79 Å². The molecule has 0 radical (unpaired) electrons. The second-order valence-electron chi connectivity index (χ2n) is 5.06. The van der Waals surface area contributed by atoms with Gasteiger partial charge >= 0.3 is 12.1 Å². The number of hydrogen-bond donors (Lipinski definition) is 2. The summed E-state index contributed by atoms with van der Waals surface area (Å²) in [4.78, 5) is 11.3. The molecule has 0 aliphatic carbocycles. The number of carbonyl (C=O) groups is 1. The summed E-state index contributed by atoms with van der Waals surface area (Å²) >= 11 is 0. The molecule has 0 aromatic carbocycles. The highest BCUT2D eigenvalue weighted by Crippen LogP contribution is 2.09. The molecule has 0 fully saturated rings. The second kappa shape index (κ2) is 9.12. The van der Waals surface area contributed by atoms with Crippen molar-refractivity contribution in [3.8, 4) is 0 Å². The zero-order valence-electron chi connectivity index (χ0n) is 13.0. The zero-order valence-corrected chi connectivity index (χ0v) is 13.0. The highest BCUT2D eigenvalue weighted by atomic mass is 16.8. The van der Waals surface area contributed by atoms with E-state index >= 15 is 0 Å². The van der Waals surface area contributed by atoms with Crippen LogP contribution >= 0.6 is 0 Å². The Morgan fingerprint density at radius 1 is 1.15 bits per heavy atom. The Labute approximate surface area is 120 Å². The third kappa shape index (κ3) is 9.96. The number of nitrogens with one attached hydrogen (secondary N) is 1. The van der Waals surface area contributed by atoms with E-state index in [9.17, 15) is 9.90 Å². The molecule has 7 nitrogen and oxygen atoms in total. The van der Waals surface area contributed by atoms with E-state index in [2.05, 4.69) is 5.32 Å². The molecule has 120 valence electrons. The first-order valence-corrected chi connectivity index (χ1v) is 6.77. The van der Waals surface area contributed by atoms with Gasteiger partial charge in [-0.3, -0.25) is 0 Å². The maximum atomic E-state index is 11.3. The smallest absolute Gasteiger partial charge is 0.407 e. The maximum Gasteiger partial charge on any atom is 0.407 e. The predicted molar refractivity (Wildman–Crippen MR) is 73.3 cm³/mol. The molecule has 0 heterocycles. The van der Waals surface area contributed by atoms with Crippen LogP contribution in [-0.4, -0.2) is 55.7 Å². The number of alkyl carbamates (subject to hydrolysis) is 1. The van der Waals surface area contributed by atoms with E-state index in [0.717, 1.165) is 0 Å². The molecule has 0 bridgehead atoms. The van der Waals surface area contributed by atoms with E-state index in [1.54, 1.807) is 34.6 Å². The molecule has 0 saturated heterocycles. The molecule has 0 aromatic heterocycles. The van der Waals surface area contributed by atoms with Crippen LogP contribution in [0.2, 0.25) is 0 Å². The fourth-order valence-electron chi connectivity index (χ4n) is 1.32. The Balaban J connectivity index is 3.81. The molecule has 0 spiro atoms. The Hall–Kier alpha value is -0.890. The Morgan fingerprint density at radius 3 is 2.15 bits per heavy atom. The molecule has 0 aromatic rings. The molecule has 1 amide bonds. The molecule has 0 atom stereocenters. The van der Waals surface area contributed by atoms with Gasteiger partial charge in [-0.1, -0.05) is 0 Å². The molecule has 0 aliphatic rings. The Morgan fingerprint density at radius 2 is 1.70 bits per heavy atom. The number of rotatable bonds is 9. The Bertz CT molecular complexity index is 271. The first-order chi connectivity index (χ1) is 9.22. The lowest BCUT2D eigenvalue weighted by atomic mass is 10.2. The van der Waals surface area contributed by atoms with Gasteiger partial charge in [-0.05, 0) is 34.6 Å². The minimum atomic E-state index is -1.74. The van der Waals surface area contributed by atoms with Gasteiger partial charge in [0.1, 0.15) is 12.2 Å². The highest BCUT2D eigenvalue weighted by Gasteiger charge is 2.28. The number of aliphatic hydroxyl groups is 1. The Kier molecular flexibility index (Phi) is 8.71. The molecule has 0 rings (SSSR count). The first-order valence-electron chi connectivity index (χ1n) is 6.77. The lowest BCUT2D eigenvalue weighted by Crippen LogP contribution is -2.42. The van der Waals surface area contributed by atoms with E-state index in [0.29, 0.717) is 13.2 Å². The monoisotopic (exact) mass is 293 g/mol. The third-order valence-corrected chi connectivity index (χ3v) is 1.94. The van der Waals surface area contributed by atoms with Crippen molar-refractivity contribution in [3.63, 3.8) is 0 Å². The van der Waals surface area contributed by atoms with Gasteiger partial charge in [0.05, 0.1) is 6.61 Å². The number of hydrogen-bond acceptors (Lipinski definition) is 6. The number of amides is 1. The van der Waals surface area contributed by atoms with Crippen molar-refractivity contribution in [2.75, 3.05) is 33.0 Å². The molecule has 7 heteroatoms. The molecule has 0 aliphatic heterocycles. The second-order valence-corrected chi connectivity index (χ2v) is 5.06. The third-order valence-electron chi connectivity index (χ3n) is 1.94. The van der Waals surface area contributed by atoms with Crippen LogP contribution in [0, 0.1) is 0 Å². The summed E-state index contributed by atoms with van der Waals surface area (Å²) in [5, 5.41) is 12.4. The molecular formula is C13H27NO6. The maximum absolute atomic E-state index is 11.3. The molecule has 20 heavy (non-hydrogen) atoms. The topological polar surface area (TPSA) is 86.2 Å². The summed E-state index contributed by atoms with van der Waals surface area (Å²) < 4.78 is 20.4. The molecule has 0 unspecified atom stereocenters. The van der Waals surface area contributed by atoms with Crippen LogP contribution in [0.5, 0.6) is 0 Å². The van der Waals surface area contributed by atoms with E-state index in [-0.39, 0.29) is 19.8 Å². The van der Waals surface area contributed by atoms with Gasteiger partial charge in [-0.25, -0.2) is 4.79 Å². The summed E-state index contributed by atoms with van der Waals surface area (Å²) in [6.07, 6.45) is -0.508. The highest BCUT2D eigenvalue weighted by molar-refractivity contribution is 5.67. The lowest BCUT2D eigenvalue weighted by Gasteiger charge is -2.26. The zero-order chi connectivity index (χ0) is 15.6. The van der Waals surface area contributed by atoms with E-state index in [4.69, 9.17) is 18.9 Å². The van der Waals surface area contributed by atoms with Gasteiger partial charge in [-0.2, -0.15) is 0 Å². The average molecular weight is 293 g/mol. The van der Waals surface area contributed by atoms with Crippen LogP contribution in [0.15, 0.2) is 0 Å². The molecule has 2 N–H and O–H groups in total. The van der Waals surface area contributed by atoms with Crippen LogP contribution in [0.1, 0.15) is 34.6 Å². The van der Waals surface area contributed by atoms with Crippen LogP contribution in [-0.2, 0) is 18.9 Å². The minimum absolute atomic E-state index is 0.134. The van der Waals surface area contributed by atoms with Gasteiger partial charge in [0.25, 0.3) is 0 Å². The number of carbonyl (C=O) groups excluding carboxylic acids is 1. The minimum Gasteiger partial charge on any atom is -0.444 e. The first kappa shape index (κ1) is 19.1. The summed E-state index contributed by atoms with van der Waals surface area (Å²) in [6, 6.07) is 0. The van der Waals surface area contributed by atoms with Crippen LogP contribution in [0.25, 0.3) is 0 Å². The van der Waals surface area contributed by atoms with Crippen molar-refractivity contribution in [1.29, 1.82) is 0 Å². The fourth-order valence-corrected chi connectivity index (χ4v) is 1.32. The summed E-state index contributed by atoms with van der Waals surface area (Å²) in [6.45, 7) is 9.79. The van der Waals surface area contributed by atoms with Gasteiger partial charge in [-0.15, -0.1) is 0 Å². The van der Waals surface area contributed by atoms with Gasteiger partial charge < -0.3 is 29.4 Å². The van der Waals surface area contributed by atoms with Gasteiger partial charge in [0.2, 0.25) is 0 Å². The SMILES string of the molecule is CCOC(O)(COCCNC(=O)OC(C)(C)C)OCC. The summed E-state index contributed by atoms with van der Waals surface area (Å²) in [5.74, 6) is -1.74. The van der Waals surface area contributed by atoms with Crippen LogP contribution in [0.3, 0.4) is 0 Å². The molecular weight excluding hydrogens is 266 g/mol. The predicted octanol–water partition coefficient (Wildman–Crippen LogP) is 1.25. The molecule has 0 saturated carbocycles. The van der Waals surface area contributed by atoms with Crippen molar-refractivity contribution in [2.45, 2.75) is 46.2 Å². The van der Waals surface area contributed by atoms with E-state index < -0.39 is 17.7 Å². The van der Waals surface area contributed by atoms with Crippen molar-refractivity contribution >= 4 is 6.09 Å². The fraction of sp³-hybridized carbons (Fsp3) is 0.923. The van der Waals surface area contributed by atoms with E-state index in [1.807, 2.05) is 0 Å². The van der Waals surface area contributed by atoms with E-state index in [1.165, 1.54) is 0 Å². The standard InChI is InChI=1S/C13H27NO6/c1-6-18-13(16,19-7-2)10-17-9-8-14-11(15)20-12(3,4)5/h16H,6-10H2,1-5H3,(H,14,15). The lowest BCUT2D eigenvalue weighted by molar-refractivity contribution is -0.373. The van der Waals surface area contributed by atoms with Crippen molar-refractivity contribution in [1.82, 2.24) is 5.32 Å². The quantitative estimate of drug-likeness (QED) is 0.491. The number of ether oxygens (including phenoxy) is 4. The van der Waals surface area contributed by atoms with Crippen LogP contribution < -0.4 is 5.32 Å². The average Bonchev–Trinajstić information content (AvgIpc) is 2.26. The van der Waals surface area contributed by atoms with Gasteiger partial charge in [0.15, 0.2) is 0 Å². The van der Waals surface area contributed by atoms with Crippen molar-refractivity contribution < 1.29 is 28.8 Å². The van der Waals surface area contributed by atoms with Gasteiger partial charge in [0, 0.05) is 19.8 Å². The largest absolute Gasteiger partial charge is 0.444 e. The normalized spacial score (nSPS) is 12.3. The van der Waals surface area contributed by atoms with Crippen molar-refractivity contribution in [2.24, 2.45) is 0 Å². The summed E-state index contributed by atoms with van der Waals surface area (Å²) in [5.41, 5.74) is -0.533. The summed E-state index contributed by atoms with van der Waals surface area (Å²) in [7, 11) is 0.